The molecule has 1 heterocycles. The van der Waals surface area contributed by atoms with E-state index in [4.69, 9.17) is 9.31 Å². The van der Waals surface area contributed by atoms with Crippen LogP contribution >= 0.6 is 0 Å². The van der Waals surface area contributed by atoms with Gasteiger partial charge in [-0.25, -0.2) is 0 Å². The van der Waals surface area contributed by atoms with E-state index in [9.17, 15) is 4.79 Å². The summed E-state index contributed by atoms with van der Waals surface area (Å²) in [5.74, 6) is 0.00776. The van der Waals surface area contributed by atoms with E-state index in [2.05, 4.69) is 5.32 Å². The number of hydrogen-bond donors (Lipinski definition) is 1. The molecule has 1 fully saturated rings. The molecule has 0 saturated carbocycles. The summed E-state index contributed by atoms with van der Waals surface area (Å²) in [5.41, 5.74) is 1.06. The van der Waals surface area contributed by atoms with Crippen molar-refractivity contribution in [3.8, 4) is 0 Å². The van der Waals surface area contributed by atoms with Gasteiger partial charge in [0.25, 0.3) is 0 Å². The Hall–Kier alpha value is -1.33. The third-order valence-corrected chi connectivity index (χ3v) is 4.04. The van der Waals surface area contributed by atoms with Crippen LogP contribution in [0.4, 0.5) is 5.69 Å². The summed E-state index contributed by atoms with van der Waals surface area (Å²) in [5, 5.41) is 2.82. The minimum Gasteiger partial charge on any atom is -0.399 e. The summed E-state index contributed by atoms with van der Waals surface area (Å²) in [4.78, 5) is 11.3. The maximum atomic E-state index is 11.3. The highest BCUT2D eigenvalue weighted by Gasteiger charge is 2.51. The monoisotopic (exact) mass is 275 g/mol. The van der Waals surface area contributed by atoms with Crippen molar-refractivity contribution >= 4 is 24.2 Å². The fourth-order valence-electron chi connectivity index (χ4n) is 1.95. The number of anilines is 1. The Balaban J connectivity index is 2.10. The minimum absolute atomic E-state index is 0.00776. The molecule has 0 bridgehead atoms. The molecule has 1 N–H and O–H groups in total. The average molecular weight is 275 g/mol. The molecule has 1 aliphatic rings. The largest absolute Gasteiger partial charge is 0.494 e. The van der Waals surface area contributed by atoms with E-state index in [1.807, 2.05) is 58.9 Å². The van der Waals surface area contributed by atoms with Gasteiger partial charge in [0.05, 0.1) is 11.2 Å². The Morgan fingerprint density at radius 1 is 1.10 bits per heavy atom. The van der Waals surface area contributed by atoms with Gasteiger partial charge in [-0.2, -0.15) is 0 Å². The zero-order valence-corrected chi connectivity index (χ0v) is 12.8. The number of amides is 1. The van der Waals surface area contributed by atoms with Crippen molar-refractivity contribution in [2.45, 2.75) is 52.2 Å². The maximum Gasteiger partial charge on any atom is 0.494 e. The van der Waals surface area contributed by atoms with Gasteiger partial charge in [0, 0.05) is 12.1 Å². The molecule has 0 atom stereocenters. The summed E-state index contributed by atoms with van der Waals surface area (Å²) in [6.07, 6.45) is 0.471. The van der Waals surface area contributed by atoms with Crippen LogP contribution in [0.25, 0.3) is 0 Å². The van der Waals surface area contributed by atoms with E-state index < -0.39 is 0 Å². The van der Waals surface area contributed by atoms with Gasteiger partial charge < -0.3 is 14.6 Å². The van der Waals surface area contributed by atoms with Crippen molar-refractivity contribution in [2.24, 2.45) is 0 Å². The Labute approximate surface area is 121 Å². The van der Waals surface area contributed by atoms with E-state index in [0.717, 1.165) is 11.2 Å². The zero-order valence-electron chi connectivity index (χ0n) is 12.8. The summed E-state index contributed by atoms with van der Waals surface area (Å²) in [7, 11) is -0.365. The number of rotatable bonds is 3. The van der Waals surface area contributed by atoms with E-state index in [1.165, 1.54) is 0 Å². The van der Waals surface area contributed by atoms with E-state index in [0.29, 0.717) is 6.42 Å². The number of carbonyl (C=O) groups excluding carboxylic acids is 1. The normalized spacial score (nSPS) is 19.9. The van der Waals surface area contributed by atoms with Crippen molar-refractivity contribution < 1.29 is 14.1 Å². The molecule has 1 aromatic rings. The predicted octanol–water partition coefficient (Wildman–Crippen LogP) is 2.33. The fraction of sp³-hybridized carbons (Fsp3) is 0.533. The molecule has 0 radical (unpaired) electrons. The molecule has 1 aromatic carbocycles. The van der Waals surface area contributed by atoms with Gasteiger partial charge in [-0.1, -0.05) is 19.1 Å². The summed E-state index contributed by atoms with van der Waals surface area (Å²) in [6, 6.07) is 7.59. The SMILES string of the molecule is CCC(=O)Nc1ccc(B2OC(C)(C)C(C)(C)O2)cc1. The van der Waals surface area contributed by atoms with Crippen LogP contribution in [0, 0.1) is 0 Å². The highest BCUT2D eigenvalue weighted by molar-refractivity contribution is 6.62. The van der Waals surface area contributed by atoms with Crippen molar-refractivity contribution in [1.29, 1.82) is 0 Å². The van der Waals surface area contributed by atoms with Crippen LogP contribution in [-0.2, 0) is 14.1 Å². The predicted molar refractivity (Wildman–Crippen MR) is 81.1 cm³/mol. The van der Waals surface area contributed by atoms with Gasteiger partial charge in [0.1, 0.15) is 0 Å². The van der Waals surface area contributed by atoms with Crippen molar-refractivity contribution in [2.75, 3.05) is 5.32 Å². The van der Waals surface area contributed by atoms with E-state index in [-0.39, 0.29) is 24.2 Å². The minimum atomic E-state index is -0.365. The molecule has 20 heavy (non-hydrogen) atoms. The second-order valence-corrected chi connectivity index (χ2v) is 6.11. The van der Waals surface area contributed by atoms with Crippen LogP contribution < -0.4 is 10.8 Å². The van der Waals surface area contributed by atoms with Gasteiger partial charge >= 0.3 is 7.12 Å². The second-order valence-electron chi connectivity index (χ2n) is 6.11. The van der Waals surface area contributed by atoms with Crippen LogP contribution in [0.2, 0.25) is 0 Å². The van der Waals surface area contributed by atoms with Crippen LogP contribution in [0.15, 0.2) is 24.3 Å². The maximum absolute atomic E-state index is 11.3. The van der Waals surface area contributed by atoms with Crippen LogP contribution in [0.5, 0.6) is 0 Å². The molecule has 2 rings (SSSR count). The molecular formula is C15H22BNO3. The molecule has 0 unspecified atom stereocenters. The lowest BCUT2D eigenvalue weighted by Crippen LogP contribution is -2.41. The molecule has 108 valence electrons. The third kappa shape index (κ3) is 2.89. The molecule has 5 heteroatoms. The van der Waals surface area contributed by atoms with Crippen molar-refractivity contribution in [3.05, 3.63) is 24.3 Å². The number of hydrogen-bond acceptors (Lipinski definition) is 3. The van der Waals surface area contributed by atoms with Crippen LogP contribution in [0.1, 0.15) is 41.0 Å². The lowest BCUT2D eigenvalue weighted by atomic mass is 9.79. The number of carbonyl (C=O) groups is 1. The molecule has 4 nitrogen and oxygen atoms in total. The Kier molecular flexibility index (Phi) is 3.94. The first-order valence-electron chi connectivity index (χ1n) is 7.00. The van der Waals surface area contributed by atoms with Crippen LogP contribution in [-0.4, -0.2) is 24.2 Å². The summed E-state index contributed by atoms with van der Waals surface area (Å²) in [6.45, 7) is 9.95. The Bertz CT molecular complexity index is 480. The molecule has 0 aliphatic carbocycles. The molecule has 1 aliphatic heterocycles. The van der Waals surface area contributed by atoms with E-state index in [1.54, 1.807) is 0 Å². The number of nitrogens with one attached hydrogen (secondary N) is 1. The van der Waals surface area contributed by atoms with Gasteiger partial charge in [0.2, 0.25) is 5.91 Å². The Morgan fingerprint density at radius 3 is 2.05 bits per heavy atom. The smallest absolute Gasteiger partial charge is 0.399 e. The topological polar surface area (TPSA) is 47.6 Å². The second kappa shape index (κ2) is 5.22. The van der Waals surface area contributed by atoms with E-state index >= 15 is 0 Å². The quantitative estimate of drug-likeness (QED) is 0.861. The number of benzene rings is 1. The van der Waals surface area contributed by atoms with Gasteiger partial charge in [-0.05, 0) is 45.3 Å². The summed E-state index contributed by atoms with van der Waals surface area (Å²) >= 11 is 0. The zero-order chi connectivity index (χ0) is 15.0. The first kappa shape index (κ1) is 15.1. The van der Waals surface area contributed by atoms with Gasteiger partial charge in [-0.15, -0.1) is 0 Å². The first-order valence-corrected chi connectivity index (χ1v) is 7.00. The lowest BCUT2D eigenvalue weighted by Gasteiger charge is -2.32. The highest BCUT2D eigenvalue weighted by Crippen LogP contribution is 2.36. The molecular weight excluding hydrogens is 253 g/mol. The Morgan fingerprint density at radius 2 is 1.60 bits per heavy atom. The van der Waals surface area contributed by atoms with Gasteiger partial charge in [-0.3, -0.25) is 4.79 Å². The molecule has 1 saturated heterocycles. The van der Waals surface area contributed by atoms with Crippen molar-refractivity contribution in [3.63, 3.8) is 0 Å². The average Bonchev–Trinajstić information content (AvgIpc) is 2.59. The summed E-state index contributed by atoms with van der Waals surface area (Å²) < 4.78 is 12.0. The fourth-order valence-corrected chi connectivity index (χ4v) is 1.95. The lowest BCUT2D eigenvalue weighted by molar-refractivity contribution is -0.115. The first-order chi connectivity index (χ1) is 9.25. The van der Waals surface area contributed by atoms with Crippen molar-refractivity contribution in [1.82, 2.24) is 0 Å². The molecule has 1 amide bonds. The molecule has 0 aromatic heterocycles. The van der Waals surface area contributed by atoms with Crippen LogP contribution in [0.3, 0.4) is 0 Å². The molecule has 0 spiro atoms. The third-order valence-electron chi connectivity index (χ3n) is 4.04. The van der Waals surface area contributed by atoms with Gasteiger partial charge in [0.15, 0.2) is 0 Å². The standard InChI is InChI=1S/C15H22BNO3/c1-6-13(18)17-12-9-7-11(8-10-12)16-19-14(2,3)15(4,5)20-16/h7-10H,6H2,1-5H3,(H,17,18). The highest BCUT2D eigenvalue weighted by atomic mass is 16.7.